The number of benzene rings is 2. The Kier molecular flexibility index (Phi) is 2.46. The second-order valence-corrected chi connectivity index (χ2v) is 5.35. The van der Waals surface area contributed by atoms with Gasteiger partial charge in [-0.1, -0.05) is 54.6 Å². The summed E-state index contributed by atoms with van der Waals surface area (Å²) in [6.45, 7) is 2.16. The molecule has 0 bridgehead atoms. The van der Waals surface area contributed by atoms with Gasteiger partial charge in [0.15, 0.2) is 0 Å². The SMILES string of the molecule is Cc1cc2ccccc2nc1C1C=Cc2ccccc21. The van der Waals surface area contributed by atoms with E-state index in [0.29, 0.717) is 0 Å². The van der Waals surface area contributed by atoms with Gasteiger partial charge in [0.1, 0.15) is 0 Å². The lowest BCUT2D eigenvalue weighted by atomic mass is 9.94. The third-order valence-electron chi connectivity index (χ3n) is 4.05. The van der Waals surface area contributed by atoms with Crippen LogP contribution in [0, 0.1) is 6.92 Å². The number of aromatic nitrogens is 1. The van der Waals surface area contributed by atoms with Gasteiger partial charge in [0.25, 0.3) is 0 Å². The molecule has 2 aromatic carbocycles. The van der Waals surface area contributed by atoms with E-state index < -0.39 is 0 Å². The number of nitrogens with zero attached hydrogens (tertiary/aromatic N) is 1. The number of allylic oxidation sites excluding steroid dienone is 1. The maximum atomic E-state index is 4.90. The molecule has 0 amide bonds. The number of rotatable bonds is 1. The Labute approximate surface area is 118 Å². The minimum atomic E-state index is 0.288. The number of fused-ring (bicyclic) bond motifs is 2. The average molecular weight is 257 g/mol. The third-order valence-corrected chi connectivity index (χ3v) is 4.05. The molecule has 1 heterocycles. The lowest BCUT2D eigenvalue weighted by molar-refractivity contribution is 0.966. The van der Waals surface area contributed by atoms with Crippen LogP contribution in [0.5, 0.6) is 0 Å². The largest absolute Gasteiger partial charge is 0.252 e. The molecule has 1 unspecified atom stereocenters. The molecule has 0 fully saturated rings. The molecule has 96 valence electrons. The van der Waals surface area contributed by atoms with Gasteiger partial charge in [-0.25, -0.2) is 0 Å². The fourth-order valence-corrected chi connectivity index (χ4v) is 3.04. The van der Waals surface area contributed by atoms with Gasteiger partial charge in [-0.3, -0.25) is 4.98 Å². The molecule has 0 spiro atoms. The molecule has 1 nitrogen and oxygen atoms in total. The number of pyridine rings is 1. The van der Waals surface area contributed by atoms with Crippen LogP contribution in [0.15, 0.2) is 60.7 Å². The van der Waals surface area contributed by atoms with Crippen LogP contribution in [0.2, 0.25) is 0 Å². The van der Waals surface area contributed by atoms with E-state index in [-0.39, 0.29) is 5.92 Å². The van der Waals surface area contributed by atoms with E-state index >= 15 is 0 Å². The monoisotopic (exact) mass is 257 g/mol. The number of hydrogen-bond acceptors (Lipinski definition) is 1. The highest BCUT2D eigenvalue weighted by Crippen LogP contribution is 2.36. The van der Waals surface area contributed by atoms with Crippen molar-refractivity contribution in [3.8, 4) is 0 Å². The Morgan fingerprint density at radius 2 is 1.75 bits per heavy atom. The summed E-state index contributed by atoms with van der Waals surface area (Å²) in [5.74, 6) is 0.288. The predicted octanol–water partition coefficient (Wildman–Crippen LogP) is 4.70. The highest BCUT2D eigenvalue weighted by Gasteiger charge is 2.21. The summed E-state index contributed by atoms with van der Waals surface area (Å²) < 4.78 is 0. The lowest BCUT2D eigenvalue weighted by Gasteiger charge is -2.14. The van der Waals surface area contributed by atoms with Crippen molar-refractivity contribution in [1.29, 1.82) is 0 Å². The Hall–Kier alpha value is -2.41. The second kappa shape index (κ2) is 4.31. The van der Waals surface area contributed by atoms with Gasteiger partial charge < -0.3 is 0 Å². The number of para-hydroxylation sites is 1. The first-order chi connectivity index (χ1) is 9.83. The van der Waals surface area contributed by atoms with Gasteiger partial charge in [0, 0.05) is 11.3 Å². The van der Waals surface area contributed by atoms with Crippen LogP contribution in [-0.4, -0.2) is 4.98 Å². The van der Waals surface area contributed by atoms with E-state index in [1.54, 1.807) is 0 Å². The van der Waals surface area contributed by atoms with Gasteiger partial charge in [0.05, 0.1) is 11.2 Å². The molecule has 1 aliphatic carbocycles. The molecule has 4 rings (SSSR count). The summed E-state index contributed by atoms with van der Waals surface area (Å²) in [5, 5.41) is 1.21. The highest BCUT2D eigenvalue weighted by molar-refractivity contribution is 5.80. The van der Waals surface area contributed by atoms with Crippen molar-refractivity contribution >= 4 is 17.0 Å². The van der Waals surface area contributed by atoms with Crippen LogP contribution in [0.1, 0.15) is 28.3 Å². The normalized spacial score (nSPS) is 16.6. The number of aryl methyl sites for hydroxylation is 1. The van der Waals surface area contributed by atoms with Gasteiger partial charge >= 0.3 is 0 Å². The maximum Gasteiger partial charge on any atom is 0.0705 e. The van der Waals surface area contributed by atoms with E-state index in [1.165, 1.54) is 27.8 Å². The second-order valence-electron chi connectivity index (χ2n) is 5.35. The first-order valence-electron chi connectivity index (χ1n) is 6.96. The van der Waals surface area contributed by atoms with Crippen LogP contribution in [0.25, 0.3) is 17.0 Å². The van der Waals surface area contributed by atoms with Gasteiger partial charge in [-0.15, -0.1) is 0 Å². The fourth-order valence-electron chi connectivity index (χ4n) is 3.04. The molecular formula is C19H15N. The van der Waals surface area contributed by atoms with Crippen molar-refractivity contribution in [3.63, 3.8) is 0 Å². The maximum absolute atomic E-state index is 4.90. The first kappa shape index (κ1) is 11.4. The first-order valence-corrected chi connectivity index (χ1v) is 6.96. The summed E-state index contributed by atoms with van der Waals surface area (Å²) in [5.41, 5.74) is 6.18. The van der Waals surface area contributed by atoms with Gasteiger partial charge in [0.2, 0.25) is 0 Å². The number of hydrogen-bond donors (Lipinski definition) is 0. The average Bonchev–Trinajstić information content (AvgIpc) is 2.90. The molecule has 1 aliphatic rings. The molecule has 0 N–H and O–H groups in total. The zero-order chi connectivity index (χ0) is 13.5. The fraction of sp³-hybridized carbons (Fsp3) is 0.105. The highest BCUT2D eigenvalue weighted by atomic mass is 14.7. The zero-order valence-electron chi connectivity index (χ0n) is 11.4. The van der Waals surface area contributed by atoms with Crippen molar-refractivity contribution in [2.45, 2.75) is 12.8 Å². The molecule has 1 heteroatoms. The summed E-state index contributed by atoms with van der Waals surface area (Å²) in [7, 11) is 0. The molecule has 3 aromatic rings. The van der Waals surface area contributed by atoms with E-state index in [9.17, 15) is 0 Å². The smallest absolute Gasteiger partial charge is 0.0705 e. The molecule has 0 aliphatic heterocycles. The molecular weight excluding hydrogens is 242 g/mol. The quantitative estimate of drug-likeness (QED) is 0.615. The lowest BCUT2D eigenvalue weighted by Crippen LogP contribution is -2.02. The van der Waals surface area contributed by atoms with E-state index in [4.69, 9.17) is 4.98 Å². The van der Waals surface area contributed by atoms with Crippen molar-refractivity contribution in [2.24, 2.45) is 0 Å². The van der Waals surface area contributed by atoms with E-state index in [2.05, 4.69) is 67.6 Å². The molecule has 0 radical (unpaired) electrons. The van der Waals surface area contributed by atoms with Gasteiger partial charge in [-0.05, 0) is 35.7 Å². The summed E-state index contributed by atoms with van der Waals surface area (Å²) in [4.78, 5) is 4.90. The minimum Gasteiger partial charge on any atom is -0.252 e. The third kappa shape index (κ3) is 1.67. The molecule has 20 heavy (non-hydrogen) atoms. The Bertz CT molecular complexity index is 830. The van der Waals surface area contributed by atoms with Crippen LogP contribution in [0.3, 0.4) is 0 Å². The van der Waals surface area contributed by atoms with Gasteiger partial charge in [-0.2, -0.15) is 0 Å². The Morgan fingerprint density at radius 1 is 0.950 bits per heavy atom. The predicted molar refractivity (Wildman–Crippen MR) is 83.8 cm³/mol. The summed E-state index contributed by atoms with van der Waals surface area (Å²) >= 11 is 0. The topological polar surface area (TPSA) is 12.9 Å². The van der Waals surface area contributed by atoms with Crippen molar-refractivity contribution < 1.29 is 0 Å². The van der Waals surface area contributed by atoms with Crippen LogP contribution in [-0.2, 0) is 0 Å². The van der Waals surface area contributed by atoms with E-state index in [1.807, 2.05) is 6.07 Å². The Balaban J connectivity index is 1.92. The Morgan fingerprint density at radius 3 is 2.70 bits per heavy atom. The van der Waals surface area contributed by atoms with Crippen molar-refractivity contribution in [3.05, 3.63) is 83.1 Å². The zero-order valence-corrected chi connectivity index (χ0v) is 11.4. The van der Waals surface area contributed by atoms with Crippen molar-refractivity contribution in [1.82, 2.24) is 4.98 Å². The minimum absolute atomic E-state index is 0.288. The summed E-state index contributed by atoms with van der Waals surface area (Å²) in [6.07, 6.45) is 4.46. The molecule has 1 atom stereocenters. The molecule has 0 saturated heterocycles. The van der Waals surface area contributed by atoms with Crippen LogP contribution in [0.4, 0.5) is 0 Å². The molecule has 1 aromatic heterocycles. The van der Waals surface area contributed by atoms with Crippen LogP contribution >= 0.6 is 0 Å². The standard InChI is InChI=1S/C19H15N/c1-13-12-15-7-3-5-9-18(15)20-19(13)17-11-10-14-6-2-4-8-16(14)17/h2-12,17H,1H3. The summed E-state index contributed by atoms with van der Waals surface area (Å²) in [6, 6.07) is 19.1. The van der Waals surface area contributed by atoms with Crippen LogP contribution < -0.4 is 0 Å². The van der Waals surface area contributed by atoms with E-state index in [0.717, 1.165) is 5.52 Å². The van der Waals surface area contributed by atoms with Crippen molar-refractivity contribution in [2.75, 3.05) is 0 Å². The molecule has 0 saturated carbocycles.